The van der Waals surface area contributed by atoms with E-state index in [1.54, 1.807) is 0 Å². The molecule has 2 N–H and O–H groups in total. The average molecular weight is 350 g/mol. The molecule has 2 rings (SSSR count). The highest BCUT2D eigenvalue weighted by Crippen LogP contribution is 2.15. The van der Waals surface area contributed by atoms with Crippen molar-refractivity contribution >= 4 is 55.3 Å². The van der Waals surface area contributed by atoms with Crippen LogP contribution < -0.4 is 5.73 Å². The van der Waals surface area contributed by atoms with Gasteiger partial charge >= 0.3 is 0 Å². The Hall–Kier alpha value is -1.26. The lowest BCUT2D eigenvalue weighted by molar-refractivity contribution is 0.100. The van der Waals surface area contributed by atoms with E-state index in [4.69, 9.17) is 5.73 Å². The number of carbonyl (C=O) groups excluding carboxylic acids is 2. The number of hydrogen-bond acceptors (Lipinski definition) is 9. The topological polar surface area (TPSA) is 112 Å². The standard InChI is InChI=1S/C4H3BrN2OS.C4H5N3OS/c2*1-2(8)3-6-7-4(5)9-3/h1H3;1H3,(H2,5,7). The Balaban J connectivity index is 0.000000180. The van der Waals surface area contributed by atoms with E-state index < -0.39 is 0 Å². The number of nitrogen functional groups attached to an aromatic ring is 1. The van der Waals surface area contributed by atoms with E-state index in [1.165, 1.54) is 25.2 Å². The zero-order valence-electron chi connectivity index (χ0n) is 9.38. The van der Waals surface area contributed by atoms with Crippen LogP contribution in [0.5, 0.6) is 0 Å². The Morgan fingerprint density at radius 1 is 1.00 bits per heavy atom. The largest absolute Gasteiger partial charge is 0.374 e. The second-order valence-electron chi connectivity index (χ2n) is 2.92. The molecule has 0 aliphatic carbocycles. The summed E-state index contributed by atoms with van der Waals surface area (Å²) in [7, 11) is 0. The number of halogens is 1. The van der Waals surface area contributed by atoms with Gasteiger partial charge in [0.2, 0.25) is 5.13 Å². The van der Waals surface area contributed by atoms with Crippen LogP contribution in [0.2, 0.25) is 0 Å². The van der Waals surface area contributed by atoms with E-state index >= 15 is 0 Å². The zero-order chi connectivity index (χ0) is 13.7. The van der Waals surface area contributed by atoms with E-state index in [0.717, 1.165) is 11.3 Å². The van der Waals surface area contributed by atoms with Crippen molar-refractivity contribution in [1.29, 1.82) is 0 Å². The van der Waals surface area contributed by atoms with Gasteiger partial charge in [0.05, 0.1) is 0 Å². The monoisotopic (exact) mass is 349 g/mol. The van der Waals surface area contributed by atoms with Crippen LogP contribution in [0.3, 0.4) is 0 Å². The molecule has 2 aromatic heterocycles. The molecule has 0 unspecified atom stereocenters. The molecule has 0 fully saturated rings. The fraction of sp³-hybridized carbons (Fsp3) is 0.250. The van der Waals surface area contributed by atoms with Gasteiger partial charge in [0.1, 0.15) is 0 Å². The van der Waals surface area contributed by atoms with E-state index in [2.05, 4.69) is 36.3 Å². The first kappa shape index (κ1) is 14.8. The van der Waals surface area contributed by atoms with Crippen molar-refractivity contribution in [3.05, 3.63) is 13.9 Å². The highest BCUT2D eigenvalue weighted by Gasteiger charge is 2.04. The van der Waals surface area contributed by atoms with Gasteiger partial charge in [-0.05, 0) is 15.9 Å². The third-order valence-corrected chi connectivity index (χ3v) is 3.75. The van der Waals surface area contributed by atoms with Crippen molar-refractivity contribution in [3.63, 3.8) is 0 Å². The molecular weight excluding hydrogens is 342 g/mol. The maximum absolute atomic E-state index is 10.5. The number of carbonyl (C=O) groups is 2. The number of nitrogens with two attached hydrogens (primary N) is 1. The molecule has 0 spiro atoms. The Morgan fingerprint density at radius 2 is 1.50 bits per heavy atom. The summed E-state index contributed by atoms with van der Waals surface area (Å²) in [5.74, 6) is -0.137. The van der Waals surface area contributed by atoms with Gasteiger partial charge in [-0.2, -0.15) is 0 Å². The number of hydrogen-bond donors (Lipinski definition) is 1. The highest BCUT2D eigenvalue weighted by molar-refractivity contribution is 9.11. The molecule has 0 saturated heterocycles. The molecule has 0 aromatic carbocycles. The molecule has 0 saturated carbocycles. The number of Topliss-reactive ketones (excluding diaryl/α,β-unsaturated/α-hetero) is 2. The summed E-state index contributed by atoms with van der Waals surface area (Å²) in [5, 5.41) is 15.3. The quantitative estimate of drug-likeness (QED) is 0.822. The maximum atomic E-state index is 10.5. The van der Waals surface area contributed by atoms with Gasteiger partial charge in [0.15, 0.2) is 25.5 Å². The molecule has 96 valence electrons. The summed E-state index contributed by atoms with van der Waals surface area (Å²) in [6.07, 6.45) is 0. The zero-order valence-corrected chi connectivity index (χ0v) is 12.6. The first-order valence-corrected chi connectivity index (χ1v) is 6.92. The minimum absolute atomic E-state index is 0.0433. The lowest BCUT2D eigenvalue weighted by Crippen LogP contribution is -1.88. The predicted octanol–water partition coefficient (Wildman–Crippen LogP) is 1.83. The first-order valence-electron chi connectivity index (χ1n) is 4.50. The summed E-state index contributed by atoms with van der Waals surface area (Å²) in [5.41, 5.74) is 5.21. The van der Waals surface area contributed by atoms with Crippen LogP contribution in [0.4, 0.5) is 5.13 Å². The van der Waals surface area contributed by atoms with Crippen molar-refractivity contribution in [2.24, 2.45) is 0 Å². The van der Waals surface area contributed by atoms with Crippen molar-refractivity contribution in [1.82, 2.24) is 20.4 Å². The van der Waals surface area contributed by atoms with Crippen LogP contribution in [-0.2, 0) is 0 Å². The van der Waals surface area contributed by atoms with Crippen LogP contribution in [0.15, 0.2) is 3.92 Å². The molecule has 0 amide bonds. The fourth-order valence-electron chi connectivity index (χ4n) is 0.724. The molecule has 10 heteroatoms. The van der Waals surface area contributed by atoms with Gasteiger partial charge in [-0.1, -0.05) is 22.7 Å². The second kappa shape index (κ2) is 6.61. The van der Waals surface area contributed by atoms with Crippen molar-refractivity contribution in [3.8, 4) is 0 Å². The third kappa shape index (κ3) is 4.55. The first-order chi connectivity index (χ1) is 8.40. The average Bonchev–Trinajstić information content (AvgIpc) is 2.88. The van der Waals surface area contributed by atoms with E-state index in [1.807, 2.05) is 0 Å². The van der Waals surface area contributed by atoms with E-state index in [0.29, 0.717) is 19.1 Å². The summed E-state index contributed by atoms with van der Waals surface area (Å²) >= 11 is 5.44. The second-order valence-corrected chi connectivity index (χ2v) is 6.18. The highest BCUT2D eigenvalue weighted by atomic mass is 79.9. The Bertz CT molecular complexity index is 517. The SMILES string of the molecule is CC(=O)c1nnc(Br)s1.CC(=O)c1nnc(N)s1. The molecule has 0 aliphatic heterocycles. The van der Waals surface area contributed by atoms with Crippen molar-refractivity contribution in [2.75, 3.05) is 5.73 Å². The van der Waals surface area contributed by atoms with E-state index in [9.17, 15) is 9.59 Å². The maximum Gasteiger partial charge on any atom is 0.203 e. The van der Waals surface area contributed by atoms with Gasteiger partial charge in [-0.25, -0.2) is 0 Å². The molecule has 0 atom stereocenters. The van der Waals surface area contributed by atoms with Crippen LogP contribution in [0.25, 0.3) is 0 Å². The number of aromatic nitrogens is 4. The Morgan fingerprint density at radius 3 is 1.72 bits per heavy atom. The minimum Gasteiger partial charge on any atom is -0.374 e. The third-order valence-electron chi connectivity index (χ3n) is 1.44. The molecule has 7 nitrogen and oxygen atoms in total. The van der Waals surface area contributed by atoms with Crippen LogP contribution in [-0.4, -0.2) is 32.0 Å². The number of ketones is 2. The molecule has 0 aliphatic rings. The van der Waals surface area contributed by atoms with Crippen molar-refractivity contribution < 1.29 is 9.59 Å². The van der Waals surface area contributed by atoms with Crippen LogP contribution >= 0.6 is 38.6 Å². The molecular formula is C8H8BrN5O2S2. The predicted molar refractivity (Wildman–Crippen MR) is 71.9 cm³/mol. The lowest BCUT2D eigenvalue weighted by Gasteiger charge is -1.76. The van der Waals surface area contributed by atoms with Gasteiger partial charge in [-0.3, -0.25) is 9.59 Å². The molecule has 2 aromatic rings. The van der Waals surface area contributed by atoms with Gasteiger partial charge in [-0.15, -0.1) is 20.4 Å². The Kier molecular flexibility index (Phi) is 5.44. The summed E-state index contributed by atoms with van der Waals surface area (Å²) in [6, 6.07) is 0. The van der Waals surface area contributed by atoms with Crippen LogP contribution in [0.1, 0.15) is 33.5 Å². The number of rotatable bonds is 2. The summed E-state index contributed by atoms with van der Waals surface area (Å²) in [4.78, 5) is 21.1. The van der Waals surface area contributed by atoms with E-state index in [-0.39, 0.29) is 11.6 Å². The molecule has 0 radical (unpaired) electrons. The Labute approximate surface area is 119 Å². The molecule has 18 heavy (non-hydrogen) atoms. The normalized spacial score (nSPS) is 9.50. The van der Waals surface area contributed by atoms with Crippen LogP contribution in [0, 0.1) is 0 Å². The molecule has 0 bridgehead atoms. The summed E-state index contributed by atoms with van der Waals surface area (Å²) in [6.45, 7) is 2.90. The fourth-order valence-corrected chi connectivity index (χ4v) is 2.24. The number of anilines is 1. The molecule has 2 heterocycles. The van der Waals surface area contributed by atoms with Gasteiger partial charge in [0.25, 0.3) is 0 Å². The van der Waals surface area contributed by atoms with Gasteiger partial charge < -0.3 is 5.73 Å². The van der Waals surface area contributed by atoms with Gasteiger partial charge in [0, 0.05) is 13.8 Å². The number of nitrogens with zero attached hydrogens (tertiary/aromatic N) is 4. The summed E-state index contributed by atoms with van der Waals surface area (Å²) < 4.78 is 0.646. The lowest BCUT2D eigenvalue weighted by atomic mass is 10.5. The van der Waals surface area contributed by atoms with Crippen molar-refractivity contribution in [2.45, 2.75) is 13.8 Å². The minimum atomic E-state index is -0.0933. The smallest absolute Gasteiger partial charge is 0.203 e.